The van der Waals surface area contributed by atoms with Crippen molar-refractivity contribution < 1.29 is 14.6 Å². The van der Waals surface area contributed by atoms with E-state index in [9.17, 15) is 4.79 Å². The van der Waals surface area contributed by atoms with Crippen molar-refractivity contribution in [2.45, 2.75) is 19.8 Å². The first-order chi connectivity index (χ1) is 5.84. The minimum atomic E-state index is -0.153. The smallest absolute Gasteiger partial charge is 0.409 e. The molecule has 0 spiro atoms. The predicted octanol–water partition coefficient (Wildman–Crippen LogP) is 0.847. The SMILES string of the molecule is CCOC(=O)N1CCCC1.CO. The van der Waals surface area contributed by atoms with E-state index < -0.39 is 0 Å². The molecule has 0 bridgehead atoms. The molecule has 1 rings (SSSR count). The van der Waals surface area contributed by atoms with Gasteiger partial charge in [-0.2, -0.15) is 0 Å². The van der Waals surface area contributed by atoms with Gasteiger partial charge in [0.15, 0.2) is 0 Å². The number of ether oxygens (including phenoxy) is 1. The lowest BCUT2D eigenvalue weighted by atomic mass is 10.4. The quantitative estimate of drug-likeness (QED) is 0.642. The van der Waals surface area contributed by atoms with Gasteiger partial charge in [0.2, 0.25) is 0 Å². The molecule has 1 N–H and O–H groups in total. The highest BCUT2D eigenvalue weighted by atomic mass is 16.6. The van der Waals surface area contributed by atoms with E-state index in [-0.39, 0.29) is 6.09 Å². The number of aliphatic hydroxyl groups excluding tert-OH is 1. The van der Waals surface area contributed by atoms with E-state index in [2.05, 4.69) is 0 Å². The van der Waals surface area contributed by atoms with Gasteiger partial charge in [-0.05, 0) is 19.8 Å². The first kappa shape index (κ1) is 11.2. The zero-order valence-electron chi connectivity index (χ0n) is 7.75. The Hall–Kier alpha value is -0.770. The zero-order chi connectivity index (χ0) is 9.40. The van der Waals surface area contributed by atoms with Crippen LogP contribution < -0.4 is 0 Å². The lowest BCUT2D eigenvalue weighted by molar-refractivity contribution is 0.116. The predicted molar refractivity (Wildman–Crippen MR) is 46.0 cm³/mol. The average Bonchev–Trinajstić information content (AvgIpc) is 2.60. The monoisotopic (exact) mass is 175 g/mol. The highest BCUT2D eigenvalue weighted by Crippen LogP contribution is 2.08. The lowest BCUT2D eigenvalue weighted by Crippen LogP contribution is -2.28. The molecule has 0 atom stereocenters. The number of amides is 1. The number of hydrogen-bond donors (Lipinski definition) is 1. The van der Waals surface area contributed by atoms with Crippen molar-refractivity contribution in [3.63, 3.8) is 0 Å². The van der Waals surface area contributed by atoms with Crippen LogP contribution in [0.2, 0.25) is 0 Å². The molecular formula is C8H17NO3. The van der Waals surface area contributed by atoms with E-state index in [0.29, 0.717) is 6.61 Å². The normalized spacial score (nSPS) is 15.1. The van der Waals surface area contributed by atoms with Crippen LogP contribution in [0.4, 0.5) is 4.79 Å². The highest BCUT2D eigenvalue weighted by Gasteiger charge is 2.17. The average molecular weight is 175 g/mol. The summed E-state index contributed by atoms with van der Waals surface area (Å²) in [7, 11) is 1.00. The molecule has 0 saturated carbocycles. The fourth-order valence-electron chi connectivity index (χ4n) is 1.11. The van der Waals surface area contributed by atoms with Crippen LogP contribution in [0.15, 0.2) is 0 Å². The molecule has 1 saturated heterocycles. The molecule has 12 heavy (non-hydrogen) atoms. The first-order valence-corrected chi connectivity index (χ1v) is 4.21. The van der Waals surface area contributed by atoms with Crippen LogP contribution >= 0.6 is 0 Å². The van der Waals surface area contributed by atoms with Crippen LogP contribution in [0.25, 0.3) is 0 Å². The number of carbonyl (C=O) groups is 1. The molecule has 72 valence electrons. The summed E-state index contributed by atoms with van der Waals surface area (Å²) in [5.74, 6) is 0. The van der Waals surface area contributed by atoms with Gasteiger partial charge < -0.3 is 14.7 Å². The minimum absolute atomic E-state index is 0.153. The molecule has 0 aromatic rings. The molecule has 1 amide bonds. The molecule has 0 unspecified atom stereocenters. The third kappa shape index (κ3) is 3.57. The summed E-state index contributed by atoms with van der Waals surface area (Å²) in [6, 6.07) is 0. The minimum Gasteiger partial charge on any atom is -0.450 e. The van der Waals surface area contributed by atoms with Crippen molar-refractivity contribution in [1.29, 1.82) is 0 Å². The maximum Gasteiger partial charge on any atom is 0.409 e. The van der Waals surface area contributed by atoms with E-state index in [1.165, 1.54) is 0 Å². The van der Waals surface area contributed by atoms with E-state index in [0.717, 1.165) is 33.0 Å². The van der Waals surface area contributed by atoms with Gasteiger partial charge in [0.25, 0.3) is 0 Å². The number of carbonyl (C=O) groups excluding carboxylic acids is 1. The first-order valence-electron chi connectivity index (χ1n) is 4.21. The molecule has 1 aliphatic heterocycles. The van der Waals surface area contributed by atoms with Crippen molar-refractivity contribution in [3.05, 3.63) is 0 Å². The zero-order valence-corrected chi connectivity index (χ0v) is 7.75. The molecule has 0 aromatic heterocycles. The third-order valence-corrected chi connectivity index (χ3v) is 1.63. The second kappa shape index (κ2) is 6.91. The number of hydrogen-bond acceptors (Lipinski definition) is 3. The second-order valence-electron chi connectivity index (χ2n) is 2.39. The summed E-state index contributed by atoms with van der Waals surface area (Å²) >= 11 is 0. The molecule has 1 fully saturated rings. The van der Waals surface area contributed by atoms with E-state index in [4.69, 9.17) is 9.84 Å². The Morgan fingerprint density at radius 2 is 1.92 bits per heavy atom. The number of likely N-dealkylation sites (tertiary alicyclic amines) is 1. The van der Waals surface area contributed by atoms with E-state index in [1.807, 2.05) is 6.92 Å². The van der Waals surface area contributed by atoms with Crippen molar-refractivity contribution in [3.8, 4) is 0 Å². The van der Waals surface area contributed by atoms with E-state index >= 15 is 0 Å². The fraction of sp³-hybridized carbons (Fsp3) is 0.875. The molecule has 4 heteroatoms. The van der Waals surface area contributed by atoms with Gasteiger partial charge in [0, 0.05) is 20.2 Å². The standard InChI is InChI=1S/C7H13NO2.CH4O/c1-2-10-7(9)8-5-3-4-6-8;1-2/h2-6H2,1H3;2H,1H3. The summed E-state index contributed by atoms with van der Waals surface area (Å²) in [6.45, 7) is 4.06. The van der Waals surface area contributed by atoms with Gasteiger partial charge in [0.05, 0.1) is 6.61 Å². The maximum absolute atomic E-state index is 10.9. The summed E-state index contributed by atoms with van der Waals surface area (Å²) in [4.78, 5) is 12.7. The van der Waals surface area contributed by atoms with Crippen LogP contribution in [0, 0.1) is 0 Å². The van der Waals surface area contributed by atoms with Gasteiger partial charge in [-0.1, -0.05) is 0 Å². The summed E-state index contributed by atoms with van der Waals surface area (Å²) in [5.41, 5.74) is 0. The van der Waals surface area contributed by atoms with Crippen molar-refractivity contribution in [2.24, 2.45) is 0 Å². The van der Waals surface area contributed by atoms with Gasteiger partial charge in [-0.3, -0.25) is 0 Å². The van der Waals surface area contributed by atoms with Crippen LogP contribution in [0.1, 0.15) is 19.8 Å². The molecule has 0 aromatic carbocycles. The molecule has 1 aliphatic rings. The molecular weight excluding hydrogens is 158 g/mol. The van der Waals surface area contributed by atoms with Crippen LogP contribution in [0.5, 0.6) is 0 Å². The Morgan fingerprint density at radius 1 is 1.42 bits per heavy atom. The second-order valence-corrected chi connectivity index (χ2v) is 2.39. The maximum atomic E-state index is 10.9. The largest absolute Gasteiger partial charge is 0.450 e. The van der Waals surface area contributed by atoms with E-state index in [1.54, 1.807) is 4.90 Å². The Balaban J connectivity index is 0.000000561. The number of nitrogens with zero attached hydrogens (tertiary/aromatic N) is 1. The number of rotatable bonds is 1. The third-order valence-electron chi connectivity index (χ3n) is 1.63. The van der Waals surface area contributed by atoms with Crippen LogP contribution in [0.3, 0.4) is 0 Å². The van der Waals surface area contributed by atoms with Crippen LogP contribution in [-0.2, 0) is 4.74 Å². The Bertz CT molecular complexity index is 121. The van der Waals surface area contributed by atoms with Gasteiger partial charge in [0.1, 0.15) is 0 Å². The molecule has 0 aliphatic carbocycles. The summed E-state index contributed by atoms with van der Waals surface area (Å²) < 4.78 is 4.81. The van der Waals surface area contributed by atoms with Gasteiger partial charge in [-0.15, -0.1) is 0 Å². The Morgan fingerprint density at radius 3 is 2.33 bits per heavy atom. The highest BCUT2D eigenvalue weighted by molar-refractivity contribution is 5.67. The lowest BCUT2D eigenvalue weighted by Gasteiger charge is -2.13. The topological polar surface area (TPSA) is 49.8 Å². The fourth-order valence-corrected chi connectivity index (χ4v) is 1.11. The number of aliphatic hydroxyl groups is 1. The molecule has 1 heterocycles. The summed E-state index contributed by atoms with van der Waals surface area (Å²) in [6.07, 6.45) is 2.09. The Labute approximate surface area is 73.1 Å². The molecule has 4 nitrogen and oxygen atoms in total. The van der Waals surface area contributed by atoms with Crippen LogP contribution in [-0.4, -0.2) is 42.9 Å². The van der Waals surface area contributed by atoms with Gasteiger partial charge in [-0.25, -0.2) is 4.79 Å². The molecule has 0 radical (unpaired) electrons. The summed E-state index contributed by atoms with van der Waals surface area (Å²) in [5, 5.41) is 7.00. The van der Waals surface area contributed by atoms with Gasteiger partial charge >= 0.3 is 6.09 Å². The Kier molecular flexibility index (Phi) is 6.47. The van der Waals surface area contributed by atoms with Crippen molar-refractivity contribution in [2.75, 3.05) is 26.8 Å². The van der Waals surface area contributed by atoms with Crippen molar-refractivity contribution in [1.82, 2.24) is 4.90 Å². The van der Waals surface area contributed by atoms with Crippen molar-refractivity contribution >= 4 is 6.09 Å².